The highest BCUT2D eigenvalue weighted by molar-refractivity contribution is 7.15. The maximum atomic E-state index is 12.4. The minimum absolute atomic E-state index is 0.174. The zero-order chi connectivity index (χ0) is 17.4. The second kappa shape index (κ2) is 6.61. The van der Waals surface area contributed by atoms with Crippen molar-refractivity contribution < 1.29 is 14.3 Å². The summed E-state index contributed by atoms with van der Waals surface area (Å²) in [5.74, 6) is -0.120. The largest absolute Gasteiger partial charge is 0.462 e. The number of fused-ring (bicyclic) bond motifs is 1. The molecule has 4 rings (SSSR count). The fourth-order valence-electron chi connectivity index (χ4n) is 2.77. The molecule has 1 aliphatic carbocycles. The first-order valence-corrected chi connectivity index (χ1v) is 9.91. The van der Waals surface area contributed by atoms with Crippen LogP contribution in [0.2, 0.25) is 0 Å². The third-order valence-electron chi connectivity index (χ3n) is 4.05. The Morgan fingerprint density at radius 2 is 2.24 bits per heavy atom. The second-order valence-corrected chi connectivity index (χ2v) is 7.69. The quantitative estimate of drug-likeness (QED) is 0.667. The zero-order valence-electron chi connectivity index (χ0n) is 13.7. The van der Waals surface area contributed by atoms with Gasteiger partial charge in [-0.05, 0) is 36.6 Å². The van der Waals surface area contributed by atoms with Crippen molar-refractivity contribution in [2.75, 3.05) is 11.9 Å². The van der Waals surface area contributed by atoms with Crippen LogP contribution in [-0.2, 0) is 16.0 Å². The molecule has 1 aliphatic rings. The molecule has 0 saturated heterocycles. The van der Waals surface area contributed by atoms with Crippen molar-refractivity contribution in [3.63, 3.8) is 0 Å². The molecule has 1 fully saturated rings. The zero-order valence-corrected chi connectivity index (χ0v) is 15.3. The molecule has 25 heavy (non-hydrogen) atoms. The summed E-state index contributed by atoms with van der Waals surface area (Å²) in [5, 5.41) is 7.36. The summed E-state index contributed by atoms with van der Waals surface area (Å²) in [7, 11) is 0. The number of nitrogens with one attached hydrogen (secondary N) is 1. The van der Waals surface area contributed by atoms with Crippen LogP contribution in [0.15, 0.2) is 23.2 Å². The third-order valence-corrected chi connectivity index (χ3v) is 5.74. The average molecular weight is 375 g/mol. The van der Waals surface area contributed by atoms with Gasteiger partial charge in [0.05, 0.1) is 24.3 Å². The number of nitrogens with zero attached hydrogens (tertiary/aromatic N) is 2. The maximum absolute atomic E-state index is 12.4. The van der Waals surface area contributed by atoms with Crippen molar-refractivity contribution >= 4 is 44.5 Å². The fraction of sp³-hybridized carbons (Fsp3) is 0.353. The number of ether oxygens (including phenoxy) is 1. The van der Waals surface area contributed by atoms with E-state index in [1.807, 2.05) is 27.6 Å². The number of esters is 1. The molecule has 3 aromatic heterocycles. The summed E-state index contributed by atoms with van der Waals surface area (Å²) < 4.78 is 7.07. The van der Waals surface area contributed by atoms with E-state index in [1.54, 1.807) is 6.92 Å². The lowest BCUT2D eigenvalue weighted by Gasteiger charge is -2.07. The van der Waals surface area contributed by atoms with Gasteiger partial charge in [-0.3, -0.25) is 9.20 Å². The lowest BCUT2D eigenvalue weighted by molar-refractivity contribution is -0.115. The Kier molecular flexibility index (Phi) is 4.30. The number of amides is 1. The van der Waals surface area contributed by atoms with Gasteiger partial charge in [-0.1, -0.05) is 0 Å². The van der Waals surface area contributed by atoms with E-state index >= 15 is 0 Å². The first-order chi connectivity index (χ1) is 12.2. The molecule has 3 aromatic rings. The lowest BCUT2D eigenvalue weighted by atomic mass is 10.1. The van der Waals surface area contributed by atoms with Crippen LogP contribution in [0.5, 0.6) is 0 Å². The molecule has 0 bridgehead atoms. The number of thiazole rings is 1. The van der Waals surface area contributed by atoms with Crippen LogP contribution in [-0.4, -0.2) is 27.9 Å². The highest BCUT2D eigenvalue weighted by atomic mass is 32.1. The summed E-state index contributed by atoms with van der Waals surface area (Å²) in [6.45, 7) is 2.10. The smallest absolute Gasteiger partial charge is 0.341 e. The normalized spacial score (nSPS) is 14.0. The first kappa shape index (κ1) is 16.3. The van der Waals surface area contributed by atoms with Gasteiger partial charge >= 0.3 is 5.97 Å². The van der Waals surface area contributed by atoms with Crippen molar-refractivity contribution in [1.29, 1.82) is 0 Å². The van der Waals surface area contributed by atoms with Gasteiger partial charge in [0.1, 0.15) is 5.00 Å². The molecule has 0 aromatic carbocycles. The number of anilines is 1. The Labute approximate surface area is 152 Å². The molecule has 1 N–H and O–H groups in total. The van der Waals surface area contributed by atoms with E-state index in [1.165, 1.54) is 22.7 Å². The second-order valence-electron chi connectivity index (χ2n) is 5.94. The Bertz CT molecular complexity index is 908. The number of aromatic nitrogens is 2. The maximum Gasteiger partial charge on any atom is 0.341 e. The number of imidazole rings is 1. The summed E-state index contributed by atoms with van der Waals surface area (Å²) in [4.78, 5) is 30.0. The molecule has 130 valence electrons. The van der Waals surface area contributed by atoms with Crippen molar-refractivity contribution in [2.45, 2.75) is 32.1 Å². The van der Waals surface area contributed by atoms with Crippen LogP contribution in [0.25, 0.3) is 4.96 Å². The summed E-state index contributed by atoms with van der Waals surface area (Å²) in [6, 6.07) is 0. The molecule has 8 heteroatoms. The minimum Gasteiger partial charge on any atom is -0.462 e. The van der Waals surface area contributed by atoms with Crippen molar-refractivity contribution in [3.8, 4) is 0 Å². The molecule has 0 unspecified atom stereocenters. The molecule has 0 spiro atoms. The van der Waals surface area contributed by atoms with Gasteiger partial charge in [0, 0.05) is 17.8 Å². The van der Waals surface area contributed by atoms with Gasteiger partial charge in [0.2, 0.25) is 5.91 Å². The molecular weight excluding hydrogens is 358 g/mol. The topological polar surface area (TPSA) is 72.7 Å². The monoisotopic (exact) mass is 375 g/mol. The Hall–Kier alpha value is -2.19. The standard InChI is InChI=1S/C17H17N3O3S2/c1-2-23-16(22)14-12(10-3-4-10)9-25-15(14)19-13(21)7-11-8-20-5-6-24-17(20)18-11/h5-6,8-10H,2-4,7H2,1H3,(H,19,21). The average Bonchev–Trinajstić information content (AvgIpc) is 2.99. The van der Waals surface area contributed by atoms with Crippen molar-refractivity contribution in [1.82, 2.24) is 9.38 Å². The van der Waals surface area contributed by atoms with Crippen LogP contribution in [0.4, 0.5) is 5.00 Å². The molecule has 0 aliphatic heterocycles. The van der Waals surface area contributed by atoms with E-state index in [4.69, 9.17) is 4.74 Å². The lowest BCUT2D eigenvalue weighted by Crippen LogP contribution is -2.17. The molecule has 6 nitrogen and oxygen atoms in total. The number of hydrogen-bond donors (Lipinski definition) is 1. The van der Waals surface area contributed by atoms with Crippen LogP contribution in [0.1, 0.15) is 47.3 Å². The van der Waals surface area contributed by atoms with Crippen LogP contribution < -0.4 is 5.32 Å². The van der Waals surface area contributed by atoms with Gasteiger partial charge in [0.15, 0.2) is 4.96 Å². The first-order valence-electron chi connectivity index (χ1n) is 8.15. The molecule has 0 radical (unpaired) electrons. The summed E-state index contributed by atoms with van der Waals surface area (Å²) in [5.41, 5.74) is 2.23. The van der Waals surface area contributed by atoms with E-state index in [-0.39, 0.29) is 18.3 Å². The van der Waals surface area contributed by atoms with E-state index in [0.717, 1.165) is 23.4 Å². The highest BCUT2D eigenvalue weighted by Gasteiger charge is 2.32. The van der Waals surface area contributed by atoms with Crippen LogP contribution in [0.3, 0.4) is 0 Å². The Balaban J connectivity index is 1.52. The minimum atomic E-state index is -0.358. The molecule has 1 saturated carbocycles. The van der Waals surface area contributed by atoms with E-state index in [2.05, 4.69) is 10.3 Å². The molecular formula is C17H17N3O3S2. The predicted molar refractivity (Wildman–Crippen MR) is 97.7 cm³/mol. The highest BCUT2D eigenvalue weighted by Crippen LogP contribution is 2.46. The van der Waals surface area contributed by atoms with Gasteiger partial charge < -0.3 is 10.1 Å². The molecule has 3 heterocycles. The number of carbonyl (C=O) groups is 2. The molecule has 0 atom stereocenters. The number of rotatable bonds is 6. The fourth-order valence-corrected chi connectivity index (χ4v) is 4.53. The van der Waals surface area contributed by atoms with Crippen LogP contribution >= 0.6 is 22.7 Å². The summed E-state index contributed by atoms with van der Waals surface area (Å²) >= 11 is 2.91. The number of hydrogen-bond acceptors (Lipinski definition) is 6. The van der Waals surface area contributed by atoms with Gasteiger partial charge in [-0.2, -0.15) is 0 Å². The number of carbonyl (C=O) groups excluding carboxylic acids is 2. The SMILES string of the molecule is CCOC(=O)c1c(C2CC2)csc1NC(=O)Cc1cn2ccsc2n1. The van der Waals surface area contributed by atoms with E-state index in [0.29, 0.717) is 28.8 Å². The van der Waals surface area contributed by atoms with Crippen molar-refractivity contribution in [2.24, 2.45) is 0 Å². The third kappa shape index (κ3) is 3.32. The van der Waals surface area contributed by atoms with Gasteiger partial charge in [-0.25, -0.2) is 9.78 Å². The Morgan fingerprint density at radius 3 is 2.96 bits per heavy atom. The van der Waals surface area contributed by atoms with Crippen LogP contribution in [0, 0.1) is 0 Å². The Morgan fingerprint density at radius 1 is 1.40 bits per heavy atom. The summed E-state index contributed by atoms with van der Waals surface area (Å²) in [6.07, 6.45) is 6.10. The predicted octanol–water partition coefficient (Wildman–Crippen LogP) is 3.69. The number of thiophene rings is 1. The van der Waals surface area contributed by atoms with Gasteiger partial charge in [-0.15, -0.1) is 22.7 Å². The van der Waals surface area contributed by atoms with Gasteiger partial charge in [0.25, 0.3) is 0 Å². The van der Waals surface area contributed by atoms with E-state index < -0.39 is 0 Å². The molecule has 1 amide bonds. The van der Waals surface area contributed by atoms with E-state index in [9.17, 15) is 9.59 Å². The van der Waals surface area contributed by atoms with Crippen molar-refractivity contribution in [3.05, 3.63) is 40.0 Å².